The van der Waals surface area contributed by atoms with Crippen molar-refractivity contribution in [3.8, 4) is 11.4 Å². The van der Waals surface area contributed by atoms with E-state index in [-0.39, 0.29) is 5.91 Å². The Morgan fingerprint density at radius 1 is 1.29 bits per heavy atom. The van der Waals surface area contributed by atoms with E-state index in [1.807, 2.05) is 36.0 Å². The largest absolute Gasteiger partial charge is 0.351 e. The molecule has 2 rings (SSSR count). The van der Waals surface area contributed by atoms with Gasteiger partial charge in [-0.1, -0.05) is 26.2 Å². The van der Waals surface area contributed by atoms with Gasteiger partial charge in [-0.25, -0.2) is 0 Å². The molecule has 5 nitrogen and oxygen atoms in total. The molecule has 0 unspecified atom stereocenters. The zero-order chi connectivity index (χ0) is 15.2. The number of hydrogen-bond acceptors (Lipinski definition) is 2. The van der Waals surface area contributed by atoms with Crippen LogP contribution < -0.4 is 5.32 Å². The molecule has 21 heavy (non-hydrogen) atoms. The van der Waals surface area contributed by atoms with Crippen LogP contribution in [-0.2, 0) is 14.1 Å². The zero-order valence-corrected chi connectivity index (χ0v) is 13.1. The topological polar surface area (TPSA) is 51.9 Å². The van der Waals surface area contributed by atoms with Gasteiger partial charge in [0.1, 0.15) is 11.4 Å². The second kappa shape index (κ2) is 7.11. The molecule has 0 spiro atoms. The number of aromatic nitrogens is 3. The van der Waals surface area contributed by atoms with Gasteiger partial charge >= 0.3 is 0 Å². The maximum atomic E-state index is 12.2. The van der Waals surface area contributed by atoms with Gasteiger partial charge in [0.2, 0.25) is 0 Å². The lowest BCUT2D eigenvalue weighted by molar-refractivity contribution is 0.0943. The first-order chi connectivity index (χ1) is 10.1. The van der Waals surface area contributed by atoms with Crippen LogP contribution in [-0.4, -0.2) is 26.8 Å². The van der Waals surface area contributed by atoms with Gasteiger partial charge < -0.3 is 9.88 Å². The SMILES string of the molecule is CCCCCCNC(=O)c1cc(-c2cccn2C)nn1C. The Hall–Kier alpha value is -2.04. The maximum Gasteiger partial charge on any atom is 0.269 e. The van der Waals surface area contributed by atoms with Crippen molar-refractivity contribution in [2.24, 2.45) is 14.1 Å². The summed E-state index contributed by atoms with van der Waals surface area (Å²) in [5, 5.41) is 7.39. The second-order valence-electron chi connectivity index (χ2n) is 5.36. The van der Waals surface area contributed by atoms with E-state index < -0.39 is 0 Å². The summed E-state index contributed by atoms with van der Waals surface area (Å²) in [5.74, 6) is -0.0537. The molecule has 0 fully saturated rings. The summed E-state index contributed by atoms with van der Waals surface area (Å²) < 4.78 is 3.64. The number of unbranched alkanes of at least 4 members (excludes halogenated alkanes) is 3. The fourth-order valence-corrected chi connectivity index (χ4v) is 2.38. The first-order valence-electron chi connectivity index (χ1n) is 7.57. The number of nitrogens with zero attached hydrogens (tertiary/aromatic N) is 3. The number of carbonyl (C=O) groups excluding carboxylic acids is 1. The molecule has 0 saturated carbocycles. The number of nitrogens with one attached hydrogen (secondary N) is 1. The molecule has 2 heterocycles. The van der Waals surface area contributed by atoms with Gasteiger partial charge in [0.15, 0.2) is 0 Å². The Labute approximate surface area is 126 Å². The van der Waals surface area contributed by atoms with Crippen LogP contribution in [0.2, 0.25) is 0 Å². The highest BCUT2D eigenvalue weighted by molar-refractivity contribution is 5.93. The molecule has 0 radical (unpaired) electrons. The Morgan fingerprint density at radius 3 is 2.76 bits per heavy atom. The molecular formula is C16H24N4O. The smallest absolute Gasteiger partial charge is 0.269 e. The van der Waals surface area contributed by atoms with Crippen molar-refractivity contribution < 1.29 is 4.79 Å². The summed E-state index contributed by atoms with van der Waals surface area (Å²) >= 11 is 0. The van der Waals surface area contributed by atoms with Crippen molar-refractivity contribution in [1.29, 1.82) is 0 Å². The van der Waals surface area contributed by atoms with Crippen LogP contribution >= 0.6 is 0 Å². The molecule has 1 amide bonds. The highest BCUT2D eigenvalue weighted by Gasteiger charge is 2.14. The van der Waals surface area contributed by atoms with Crippen molar-refractivity contribution in [3.63, 3.8) is 0 Å². The third-order valence-electron chi connectivity index (χ3n) is 3.63. The molecule has 2 aromatic rings. The van der Waals surface area contributed by atoms with Crippen LogP contribution in [0.3, 0.4) is 0 Å². The summed E-state index contributed by atoms with van der Waals surface area (Å²) in [5.41, 5.74) is 2.43. The Kier molecular flexibility index (Phi) is 5.20. The second-order valence-corrected chi connectivity index (χ2v) is 5.36. The van der Waals surface area contributed by atoms with Gasteiger partial charge in [-0.15, -0.1) is 0 Å². The fraction of sp³-hybridized carbons (Fsp3) is 0.500. The minimum absolute atomic E-state index is 0.0537. The average molecular weight is 288 g/mol. The molecule has 0 bridgehead atoms. The Balaban J connectivity index is 1.99. The van der Waals surface area contributed by atoms with Crippen molar-refractivity contribution in [2.75, 3.05) is 6.54 Å². The van der Waals surface area contributed by atoms with Gasteiger partial charge in [-0.2, -0.15) is 5.10 Å². The molecule has 0 aromatic carbocycles. The van der Waals surface area contributed by atoms with E-state index in [0.29, 0.717) is 5.69 Å². The molecular weight excluding hydrogens is 264 g/mol. The average Bonchev–Trinajstić information content (AvgIpc) is 3.04. The van der Waals surface area contributed by atoms with Gasteiger partial charge in [0.05, 0.1) is 5.69 Å². The third-order valence-corrected chi connectivity index (χ3v) is 3.63. The minimum atomic E-state index is -0.0537. The van der Waals surface area contributed by atoms with E-state index in [1.165, 1.54) is 12.8 Å². The molecule has 114 valence electrons. The predicted octanol–water partition coefficient (Wildman–Crippen LogP) is 2.74. The van der Waals surface area contributed by atoms with E-state index in [0.717, 1.165) is 30.8 Å². The molecule has 2 aromatic heterocycles. The highest BCUT2D eigenvalue weighted by atomic mass is 16.2. The molecule has 0 saturated heterocycles. The van der Waals surface area contributed by atoms with Gasteiger partial charge in [0, 0.05) is 26.8 Å². The molecule has 5 heteroatoms. The highest BCUT2D eigenvalue weighted by Crippen LogP contribution is 2.18. The number of aryl methyl sites for hydroxylation is 2. The van der Waals surface area contributed by atoms with Gasteiger partial charge in [-0.05, 0) is 24.6 Å². The summed E-state index contributed by atoms with van der Waals surface area (Å²) in [6.07, 6.45) is 6.59. The monoisotopic (exact) mass is 288 g/mol. The van der Waals surface area contributed by atoms with E-state index in [9.17, 15) is 4.79 Å². The zero-order valence-electron chi connectivity index (χ0n) is 13.1. The molecule has 0 aliphatic rings. The molecule has 0 atom stereocenters. The molecule has 0 aliphatic carbocycles. The van der Waals surface area contributed by atoms with Crippen LogP contribution in [0, 0.1) is 0 Å². The van der Waals surface area contributed by atoms with Crippen molar-refractivity contribution in [1.82, 2.24) is 19.7 Å². The summed E-state index contributed by atoms with van der Waals surface area (Å²) in [6.45, 7) is 2.91. The summed E-state index contributed by atoms with van der Waals surface area (Å²) in [7, 11) is 3.77. The first-order valence-corrected chi connectivity index (χ1v) is 7.57. The van der Waals surface area contributed by atoms with Crippen molar-refractivity contribution in [2.45, 2.75) is 32.6 Å². The lowest BCUT2D eigenvalue weighted by Crippen LogP contribution is -2.26. The Morgan fingerprint density at radius 2 is 2.10 bits per heavy atom. The van der Waals surface area contributed by atoms with Crippen LogP contribution in [0.5, 0.6) is 0 Å². The number of amides is 1. The maximum absolute atomic E-state index is 12.2. The predicted molar refractivity (Wildman–Crippen MR) is 84.1 cm³/mol. The molecule has 1 N–H and O–H groups in total. The summed E-state index contributed by atoms with van der Waals surface area (Å²) in [6, 6.07) is 5.81. The minimum Gasteiger partial charge on any atom is -0.351 e. The lowest BCUT2D eigenvalue weighted by Gasteiger charge is -2.04. The standard InChI is InChI=1S/C16H24N4O/c1-4-5-6-7-10-17-16(21)15-12-13(18-20(15)3)14-9-8-11-19(14)2/h8-9,11-12H,4-7,10H2,1-3H3,(H,17,21). The van der Waals surface area contributed by atoms with Crippen LogP contribution in [0.1, 0.15) is 43.1 Å². The van der Waals surface area contributed by atoms with E-state index in [2.05, 4.69) is 17.3 Å². The molecule has 0 aliphatic heterocycles. The first kappa shape index (κ1) is 15.4. The van der Waals surface area contributed by atoms with Crippen LogP contribution in [0.4, 0.5) is 0 Å². The van der Waals surface area contributed by atoms with Crippen molar-refractivity contribution in [3.05, 3.63) is 30.1 Å². The van der Waals surface area contributed by atoms with E-state index >= 15 is 0 Å². The summed E-state index contributed by atoms with van der Waals surface area (Å²) in [4.78, 5) is 12.2. The normalized spacial score (nSPS) is 10.8. The third kappa shape index (κ3) is 3.74. The quantitative estimate of drug-likeness (QED) is 0.796. The van der Waals surface area contributed by atoms with E-state index in [4.69, 9.17) is 0 Å². The van der Waals surface area contributed by atoms with Gasteiger partial charge in [0.25, 0.3) is 5.91 Å². The number of carbonyl (C=O) groups is 1. The Bertz CT molecular complexity index is 597. The van der Waals surface area contributed by atoms with Crippen LogP contribution in [0.15, 0.2) is 24.4 Å². The van der Waals surface area contributed by atoms with Crippen LogP contribution in [0.25, 0.3) is 11.4 Å². The fourth-order valence-electron chi connectivity index (χ4n) is 2.38. The lowest BCUT2D eigenvalue weighted by atomic mass is 10.2. The number of rotatable bonds is 7. The number of hydrogen-bond donors (Lipinski definition) is 1. The van der Waals surface area contributed by atoms with Crippen molar-refractivity contribution >= 4 is 5.91 Å². The van der Waals surface area contributed by atoms with E-state index in [1.54, 1.807) is 11.7 Å². The van der Waals surface area contributed by atoms with Gasteiger partial charge in [-0.3, -0.25) is 9.48 Å².